The van der Waals surface area contributed by atoms with E-state index in [4.69, 9.17) is 14.1 Å². The number of fused-ring (bicyclic) bond motifs is 1. The van der Waals surface area contributed by atoms with E-state index in [2.05, 4.69) is 102 Å². The van der Waals surface area contributed by atoms with Crippen LogP contribution in [0.3, 0.4) is 0 Å². The molecule has 0 saturated heterocycles. The number of hydrogen-bond donors (Lipinski definition) is 2. The maximum absolute atomic E-state index is 13.6. The Morgan fingerprint density at radius 2 is 1.60 bits per heavy atom. The summed E-state index contributed by atoms with van der Waals surface area (Å²) < 4.78 is 14.8. The molecule has 3 heterocycles. The lowest BCUT2D eigenvalue weighted by atomic mass is 9.92. The van der Waals surface area contributed by atoms with Gasteiger partial charge in [-0.25, -0.2) is 14.8 Å². The molecule has 2 N–H and O–H groups in total. The Bertz CT molecular complexity index is 1710. The molecule has 5 aromatic rings. The first-order chi connectivity index (χ1) is 20.8. The van der Waals surface area contributed by atoms with Crippen LogP contribution in [0.4, 0.5) is 11.6 Å². The molecule has 2 atom stereocenters. The minimum Gasteiger partial charge on any atom is -0.480 e. The molecule has 1 aliphatic rings. The van der Waals surface area contributed by atoms with Crippen molar-refractivity contribution in [1.29, 1.82) is 0 Å². The lowest BCUT2D eigenvalue weighted by Crippen LogP contribution is -2.68. The number of imidazole rings is 1. The second kappa shape index (κ2) is 11.8. The van der Waals surface area contributed by atoms with Crippen LogP contribution in [0.5, 0.6) is 5.88 Å². The van der Waals surface area contributed by atoms with Crippen molar-refractivity contribution in [2.75, 3.05) is 12.4 Å². The molecule has 0 unspecified atom stereocenters. The molecule has 0 spiro atoms. The van der Waals surface area contributed by atoms with Gasteiger partial charge < -0.3 is 19.5 Å². The third-order valence-electron chi connectivity index (χ3n) is 8.41. The van der Waals surface area contributed by atoms with Gasteiger partial charge >= 0.3 is 5.69 Å². The Balaban J connectivity index is 1.44. The van der Waals surface area contributed by atoms with Crippen LogP contribution >= 0.6 is 0 Å². The topological polar surface area (TPSA) is 107 Å². The van der Waals surface area contributed by atoms with Gasteiger partial charge in [-0.15, -0.1) is 0 Å². The van der Waals surface area contributed by atoms with Gasteiger partial charge in [-0.05, 0) is 40.4 Å². The van der Waals surface area contributed by atoms with Gasteiger partial charge in [0.2, 0.25) is 11.8 Å². The lowest BCUT2D eigenvalue weighted by molar-refractivity contribution is 0.0885. The Kier molecular flexibility index (Phi) is 7.89. The van der Waals surface area contributed by atoms with Crippen molar-refractivity contribution in [2.24, 2.45) is 0 Å². The second-order valence-electron chi connectivity index (χ2n) is 12.1. The zero-order valence-corrected chi connectivity index (χ0v) is 26.1. The van der Waals surface area contributed by atoms with Crippen molar-refractivity contribution in [3.63, 3.8) is 0 Å². The van der Waals surface area contributed by atoms with E-state index >= 15 is 0 Å². The van der Waals surface area contributed by atoms with E-state index in [0.717, 1.165) is 25.7 Å². The van der Waals surface area contributed by atoms with E-state index in [1.54, 1.807) is 24.1 Å². The zero-order valence-electron chi connectivity index (χ0n) is 25.1. The first-order valence-corrected chi connectivity index (χ1v) is 16.7. The fourth-order valence-electron chi connectivity index (χ4n) is 6.48. The number of ether oxygens (including phenoxy) is 1. The summed E-state index contributed by atoms with van der Waals surface area (Å²) in [4.78, 5) is 30.1. The van der Waals surface area contributed by atoms with Crippen molar-refractivity contribution in [3.05, 3.63) is 95.7 Å². The molecule has 1 fully saturated rings. The molecule has 2 aromatic carbocycles. The molecule has 43 heavy (non-hydrogen) atoms. The van der Waals surface area contributed by atoms with Gasteiger partial charge in [0.1, 0.15) is 11.2 Å². The predicted molar refractivity (Wildman–Crippen MR) is 172 cm³/mol. The van der Waals surface area contributed by atoms with Crippen LogP contribution in [-0.4, -0.2) is 46.0 Å². The van der Waals surface area contributed by atoms with E-state index in [1.165, 1.54) is 10.4 Å². The van der Waals surface area contributed by atoms with Gasteiger partial charge in [-0.3, -0.25) is 4.57 Å². The van der Waals surface area contributed by atoms with Gasteiger partial charge in [0.25, 0.3) is 8.32 Å². The van der Waals surface area contributed by atoms with Crippen LogP contribution < -0.4 is 26.1 Å². The van der Waals surface area contributed by atoms with Gasteiger partial charge in [0, 0.05) is 6.20 Å². The maximum atomic E-state index is 13.6. The van der Waals surface area contributed by atoms with Crippen LogP contribution in [0.1, 0.15) is 52.5 Å². The number of aromatic nitrogens is 5. The van der Waals surface area contributed by atoms with Crippen molar-refractivity contribution in [3.8, 4) is 5.88 Å². The highest BCUT2D eigenvalue weighted by molar-refractivity contribution is 6.99. The van der Waals surface area contributed by atoms with Crippen molar-refractivity contribution in [2.45, 2.75) is 63.6 Å². The van der Waals surface area contributed by atoms with Gasteiger partial charge in [-0.2, -0.15) is 4.98 Å². The van der Waals surface area contributed by atoms with E-state index < -0.39 is 8.32 Å². The highest BCUT2D eigenvalue weighted by atomic mass is 28.4. The largest absolute Gasteiger partial charge is 0.480 e. The summed E-state index contributed by atoms with van der Waals surface area (Å²) >= 11 is 0. The SMILES string of the molecule is COc1ncccc1Nc1ncc2[nH]c(=O)n([C@H]3CCCC[C@@H]3O[Si](c3ccccc3)(c3ccccc3)C(C)(C)C)c2n1. The van der Waals surface area contributed by atoms with Gasteiger partial charge in [0.05, 0.1) is 25.5 Å². The molecule has 0 radical (unpaired) electrons. The molecule has 222 valence electrons. The standard InChI is InChI=1S/C33H38N6O3Si/c1-33(2,3)43(23-14-7-5-8-15-23,24-16-9-6-10-17-24)42-28-20-12-11-19-27(28)39-29-26(37-32(39)40)22-35-31(38-29)36-25-18-13-21-34-30(25)41-4/h5-10,13-18,21-22,27-28H,11-12,19-20H2,1-4H3,(H,37,40)(H,35,36,38)/t27-,28-/m0/s1. The second-order valence-corrected chi connectivity index (χ2v) is 16.3. The Hall–Kier alpha value is -4.28. The molecular weight excluding hydrogens is 556 g/mol. The molecule has 0 amide bonds. The molecular formula is C33H38N6O3Si. The summed E-state index contributed by atoms with van der Waals surface area (Å²) in [5.41, 5.74) is 1.57. The summed E-state index contributed by atoms with van der Waals surface area (Å²) in [6, 6.07) is 24.8. The Labute approximate surface area is 252 Å². The number of nitrogens with zero attached hydrogens (tertiary/aromatic N) is 4. The number of pyridine rings is 1. The summed E-state index contributed by atoms with van der Waals surface area (Å²) in [5.74, 6) is 0.788. The predicted octanol–water partition coefficient (Wildman–Crippen LogP) is 5.33. The van der Waals surface area contributed by atoms with Crippen molar-refractivity contribution in [1.82, 2.24) is 24.5 Å². The van der Waals surface area contributed by atoms with Gasteiger partial charge in [0.15, 0.2) is 5.65 Å². The van der Waals surface area contributed by atoms with Crippen LogP contribution in [-0.2, 0) is 4.43 Å². The number of H-pyrrole nitrogens is 1. The normalized spacial score (nSPS) is 17.6. The smallest absolute Gasteiger partial charge is 0.328 e. The molecule has 9 nitrogen and oxygen atoms in total. The van der Waals surface area contributed by atoms with Gasteiger partial charge in [-0.1, -0.05) is 94.3 Å². The average Bonchev–Trinajstić information content (AvgIpc) is 3.35. The molecule has 0 aliphatic heterocycles. The van der Waals surface area contributed by atoms with Crippen LogP contribution in [0, 0.1) is 0 Å². The number of aromatic amines is 1. The number of rotatable bonds is 8. The van der Waals surface area contributed by atoms with Crippen LogP contribution in [0.2, 0.25) is 5.04 Å². The van der Waals surface area contributed by atoms with Crippen molar-refractivity contribution < 1.29 is 9.16 Å². The van der Waals surface area contributed by atoms with Crippen LogP contribution in [0.25, 0.3) is 11.2 Å². The number of hydrogen-bond acceptors (Lipinski definition) is 7. The summed E-state index contributed by atoms with van der Waals surface area (Å²) in [6.45, 7) is 6.85. The van der Waals surface area contributed by atoms with E-state index in [0.29, 0.717) is 28.7 Å². The highest BCUT2D eigenvalue weighted by Gasteiger charge is 2.52. The summed E-state index contributed by atoms with van der Waals surface area (Å²) in [5, 5.41) is 5.48. The molecule has 6 rings (SSSR count). The number of nitrogens with one attached hydrogen (secondary N) is 2. The molecule has 10 heteroatoms. The maximum Gasteiger partial charge on any atom is 0.328 e. The minimum atomic E-state index is -2.84. The molecule has 1 aliphatic carbocycles. The van der Waals surface area contributed by atoms with E-state index in [1.807, 2.05) is 12.1 Å². The summed E-state index contributed by atoms with van der Waals surface area (Å²) in [6.07, 6.45) is 6.85. The fraction of sp³-hybridized carbons (Fsp3) is 0.333. The fourth-order valence-corrected chi connectivity index (χ4v) is 11.2. The third-order valence-corrected chi connectivity index (χ3v) is 13.5. The molecule has 1 saturated carbocycles. The van der Waals surface area contributed by atoms with E-state index in [9.17, 15) is 4.79 Å². The number of anilines is 2. The third kappa shape index (κ3) is 5.36. The number of methoxy groups -OCH3 is 1. The summed E-state index contributed by atoms with van der Waals surface area (Å²) in [7, 11) is -1.27. The Morgan fingerprint density at radius 3 is 2.26 bits per heavy atom. The first-order valence-electron chi connectivity index (χ1n) is 14.8. The zero-order chi connectivity index (χ0) is 30.0. The lowest BCUT2D eigenvalue weighted by Gasteiger charge is -2.47. The molecule has 0 bridgehead atoms. The minimum absolute atomic E-state index is 0.176. The average molecular weight is 595 g/mol. The van der Waals surface area contributed by atoms with Crippen LogP contribution in [0.15, 0.2) is 90.0 Å². The Morgan fingerprint density at radius 1 is 0.930 bits per heavy atom. The molecule has 3 aromatic heterocycles. The first kappa shape index (κ1) is 28.8. The monoisotopic (exact) mass is 594 g/mol. The quantitative estimate of drug-likeness (QED) is 0.234. The van der Waals surface area contributed by atoms with Crippen molar-refractivity contribution >= 4 is 41.5 Å². The highest BCUT2D eigenvalue weighted by Crippen LogP contribution is 2.41. The van der Waals surface area contributed by atoms with E-state index in [-0.39, 0.29) is 22.9 Å². The number of benzene rings is 2.